The summed E-state index contributed by atoms with van der Waals surface area (Å²) in [5.74, 6) is 4.05. The van der Waals surface area contributed by atoms with Crippen LogP contribution in [0.4, 0.5) is 5.69 Å². The predicted molar refractivity (Wildman–Crippen MR) is 73.4 cm³/mol. The van der Waals surface area contributed by atoms with Gasteiger partial charge < -0.3 is 4.84 Å². The Morgan fingerprint density at radius 3 is 2.47 bits per heavy atom. The van der Waals surface area contributed by atoms with Crippen molar-refractivity contribution in [2.45, 2.75) is 12.5 Å². The van der Waals surface area contributed by atoms with Gasteiger partial charge in [0.2, 0.25) is 0 Å². The van der Waals surface area contributed by atoms with E-state index >= 15 is 0 Å². The summed E-state index contributed by atoms with van der Waals surface area (Å²) in [7, 11) is 0. The predicted octanol–water partition coefficient (Wildman–Crippen LogP) is 2.47. The van der Waals surface area contributed by atoms with Gasteiger partial charge >= 0.3 is 5.97 Å². The first-order valence-electron chi connectivity index (χ1n) is 4.87. The second kappa shape index (κ2) is 7.26. The Morgan fingerprint density at radius 1 is 1.47 bits per heavy atom. The number of halogens is 2. The largest absolute Gasteiger partial charge is 0.372 e. The van der Waals surface area contributed by atoms with E-state index in [2.05, 4.69) is 52.5 Å². The number of hydrogen-bond acceptors (Lipinski definition) is 7. The average Bonchev–Trinajstić information content (AvgIpc) is 2.37. The third-order valence-corrected chi connectivity index (χ3v) is 3.44. The molecule has 0 unspecified atom stereocenters. The van der Waals surface area contributed by atoms with Crippen LogP contribution in [0.5, 0.6) is 0 Å². The van der Waals surface area contributed by atoms with Crippen LogP contribution in [0.2, 0.25) is 0 Å². The fourth-order valence-corrected chi connectivity index (χ4v) is 2.83. The van der Waals surface area contributed by atoms with E-state index in [1.54, 1.807) is 12.1 Å². The molecule has 0 radical (unpaired) electrons. The smallest absolute Gasteiger partial charge is 0.349 e. The summed E-state index contributed by atoms with van der Waals surface area (Å²) >= 11 is 6.39. The van der Waals surface area contributed by atoms with Crippen molar-refractivity contribution in [1.82, 2.24) is 5.43 Å². The highest BCUT2D eigenvalue weighted by molar-refractivity contribution is 9.11. The quantitative estimate of drug-likeness (QED) is 0.387. The lowest BCUT2D eigenvalue weighted by atomic mass is 10.1. The molecule has 0 fully saturated rings. The highest BCUT2D eigenvalue weighted by atomic mass is 79.9. The number of hydrogen-bond donors (Lipinski definition) is 3. The van der Waals surface area contributed by atoms with Crippen LogP contribution in [-0.2, 0) is 16.1 Å². The van der Waals surface area contributed by atoms with E-state index in [1.165, 1.54) is 0 Å². The van der Waals surface area contributed by atoms with Gasteiger partial charge in [0.25, 0.3) is 0 Å². The van der Waals surface area contributed by atoms with Gasteiger partial charge in [-0.1, -0.05) is 5.22 Å². The lowest BCUT2D eigenvalue weighted by molar-refractivity contribution is -0.146. The Bertz CT molecular complexity index is 488. The topological polar surface area (TPSA) is 130 Å². The van der Waals surface area contributed by atoms with Crippen molar-refractivity contribution in [3.8, 4) is 0 Å². The molecule has 0 aliphatic carbocycles. The lowest BCUT2D eigenvalue weighted by Crippen LogP contribution is -2.37. The number of benzene rings is 1. The van der Waals surface area contributed by atoms with E-state index in [4.69, 9.17) is 11.4 Å². The summed E-state index contributed by atoms with van der Waals surface area (Å²) in [5, 5.41) is 5.79. The maximum Gasteiger partial charge on any atom is 0.349 e. The second-order valence-electron chi connectivity index (χ2n) is 3.43. The molecule has 0 saturated carbocycles. The second-order valence-corrected chi connectivity index (χ2v) is 5.14. The van der Waals surface area contributed by atoms with Crippen LogP contribution in [-0.4, -0.2) is 12.0 Å². The summed E-state index contributed by atoms with van der Waals surface area (Å²) in [4.78, 5) is 26.0. The van der Waals surface area contributed by atoms with Crippen molar-refractivity contribution in [1.29, 1.82) is 5.53 Å². The molecule has 0 aromatic heterocycles. The Balaban J connectivity index is 3.00. The van der Waals surface area contributed by atoms with Crippen molar-refractivity contribution in [2.24, 2.45) is 16.3 Å². The van der Waals surface area contributed by atoms with E-state index in [1.807, 2.05) is 0 Å². The Labute approximate surface area is 124 Å². The minimum Gasteiger partial charge on any atom is -0.372 e. The Hall–Kier alpha value is -1.39. The SMILES string of the molecule is N=NN[C@@H](Cc1cc(Br)c(N=O)c(Br)c1)C(=O)ON. The van der Waals surface area contributed by atoms with Gasteiger partial charge in [0.15, 0.2) is 0 Å². The highest BCUT2D eigenvalue weighted by Gasteiger charge is 2.21. The van der Waals surface area contributed by atoms with Crippen molar-refractivity contribution in [3.63, 3.8) is 0 Å². The van der Waals surface area contributed by atoms with Gasteiger partial charge in [-0.05, 0) is 54.7 Å². The molecule has 1 atom stereocenters. The summed E-state index contributed by atoms with van der Waals surface area (Å²) in [6, 6.07) is 2.37. The molecule has 10 heteroatoms. The summed E-state index contributed by atoms with van der Waals surface area (Å²) in [6.07, 6.45) is 0.175. The van der Waals surface area contributed by atoms with Gasteiger partial charge in [0.05, 0.1) is 0 Å². The molecule has 0 heterocycles. The lowest BCUT2D eigenvalue weighted by Gasteiger charge is -2.13. The average molecular weight is 395 g/mol. The number of nitrogens with two attached hydrogens (primary N) is 1. The van der Waals surface area contributed by atoms with Crippen LogP contribution >= 0.6 is 31.9 Å². The number of rotatable bonds is 6. The molecule has 1 aromatic carbocycles. The molecular formula is C9H9Br2N5O3. The Kier molecular flexibility index (Phi) is 5.99. The first-order valence-corrected chi connectivity index (χ1v) is 6.46. The third-order valence-electron chi connectivity index (χ3n) is 2.23. The van der Waals surface area contributed by atoms with Gasteiger partial charge in [-0.25, -0.2) is 4.79 Å². The van der Waals surface area contributed by atoms with Gasteiger partial charge in [-0.15, -0.1) is 4.91 Å². The zero-order chi connectivity index (χ0) is 14.4. The molecule has 0 aliphatic rings. The van der Waals surface area contributed by atoms with Gasteiger partial charge in [-0.2, -0.15) is 11.4 Å². The van der Waals surface area contributed by atoms with E-state index < -0.39 is 12.0 Å². The fourth-order valence-electron chi connectivity index (χ4n) is 1.40. The zero-order valence-electron chi connectivity index (χ0n) is 9.39. The first kappa shape index (κ1) is 15.7. The number of nitrogens with zero attached hydrogens (tertiary/aromatic N) is 2. The molecule has 19 heavy (non-hydrogen) atoms. The van der Waals surface area contributed by atoms with E-state index in [-0.39, 0.29) is 12.1 Å². The molecule has 1 rings (SSSR count). The van der Waals surface area contributed by atoms with E-state index in [0.29, 0.717) is 14.5 Å². The van der Waals surface area contributed by atoms with Gasteiger partial charge in [0.1, 0.15) is 11.7 Å². The Morgan fingerprint density at radius 2 is 2.05 bits per heavy atom. The molecular weight excluding hydrogens is 386 g/mol. The molecule has 0 bridgehead atoms. The highest BCUT2D eigenvalue weighted by Crippen LogP contribution is 2.35. The minimum atomic E-state index is -0.892. The molecule has 8 nitrogen and oxygen atoms in total. The number of nitroso groups, excluding NO2 is 1. The molecule has 4 N–H and O–H groups in total. The molecule has 0 aliphatic heterocycles. The number of nitrogens with one attached hydrogen (secondary N) is 2. The van der Waals surface area contributed by atoms with Crippen LogP contribution in [0.1, 0.15) is 5.56 Å². The van der Waals surface area contributed by atoms with E-state index in [9.17, 15) is 9.70 Å². The summed E-state index contributed by atoms with van der Waals surface area (Å²) in [5.41, 5.74) is 9.89. The monoisotopic (exact) mass is 393 g/mol. The van der Waals surface area contributed by atoms with Gasteiger partial charge in [0, 0.05) is 15.4 Å². The number of carbonyl (C=O) groups excluding carboxylic acids is 1. The minimum absolute atomic E-state index is 0.175. The van der Waals surface area contributed by atoms with E-state index in [0.717, 1.165) is 0 Å². The maximum absolute atomic E-state index is 11.4. The van der Waals surface area contributed by atoms with Gasteiger partial charge in [-0.3, -0.25) is 5.43 Å². The fraction of sp³-hybridized carbons (Fsp3) is 0.222. The normalized spacial score (nSPS) is 11.5. The zero-order valence-corrected chi connectivity index (χ0v) is 12.6. The standard InChI is InChI=1S/C9H9Br2N5O3/c10-5-1-4(2-6(11)8(5)15-18)3-7(14-16-12)9(17)19-13/h1-2,7H,3,13H2,(H2,12,14)/t7-/m0/s1. The first-order chi connectivity index (χ1) is 9.03. The summed E-state index contributed by atoms with van der Waals surface area (Å²) in [6.45, 7) is 0. The molecule has 0 amide bonds. The van der Waals surface area contributed by atoms with Crippen LogP contribution in [0.15, 0.2) is 31.5 Å². The molecule has 102 valence electrons. The molecule has 1 aromatic rings. The summed E-state index contributed by atoms with van der Waals surface area (Å²) < 4.78 is 0.962. The van der Waals surface area contributed by atoms with Crippen molar-refractivity contribution >= 4 is 43.5 Å². The molecule has 0 spiro atoms. The maximum atomic E-state index is 11.4. The van der Waals surface area contributed by atoms with Crippen LogP contribution < -0.4 is 11.3 Å². The molecule has 0 saturated heterocycles. The van der Waals surface area contributed by atoms with Crippen LogP contribution in [0.25, 0.3) is 0 Å². The third kappa shape index (κ3) is 4.04. The van der Waals surface area contributed by atoms with Crippen molar-refractivity contribution in [3.05, 3.63) is 31.5 Å². The van der Waals surface area contributed by atoms with Crippen LogP contribution in [0.3, 0.4) is 0 Å². The van der Waals surface area contributed by atoms with Crippen LogP contribution in [0, 0.1) is 10.4 Å². The van der Waals surface area contributed by atoms with Crippen molar-refractivity contribution in [2.75, 3.05) is 0 Å². The number of carbonyl (C=O) groups is 1. The van der Waals surface area contributed by atoms with Crippen molar-refractivity contribution < 1.29 is 9.63 Å².